The van der Waals surface area contributed by atoms with Gasteiger partial charge in [0.25, 0.3) is 5.91 Å². The third-order valence-electron chi connectivity index (χ3n) is 14.6. The zero-order chi connectivity index (χ0) is 58.6. The van der Waals surface area contributed by atoms with Gasteiger partial charge in [0.15, 0.2) is 0 Å². The average Bonchev–Trinajstić information content (AvgIpc) is 3.97. The first-order valence-electron chi connectivity index (χ1n) is 25.0. The van der Waals surface area contributed by atoms with Crippen LogP contribution in [0.5, 0.6) is 0 Å². The number of amides is 4. The predicted octanol–water partition coefficient (Wildman–Crippen LogP) is 6.53. The van der Waals surface area contributed by atoms with E-state index in [4.69, 9.17) is 4.74 Å². The Bertz CT molecular complexity index is 2890. The molecule has 5 heterocycles. The summed E-state index contributed by atoms with van der Waals surface area (Å²) in [6.07, 6.45) is -11.4. The highest BCUT2D eigenvalue weighted by Gasteiger charge is 2.57. The molecule has 3 fully saturated rings. The Labute approximate surface area is 452 Å². The van der Waals surface area contributed by atoms with Crippen molar-refractivity contribution in [3.63, 3.8) is 0 Å². The molecule has 4 aromatic rings. The molecule has 3 saturated heterocycles. The van der Waals surface area contributed by atoms with Gasteiger partial charge in [-0.3, -0.25) is 24.5 Å². The third kappa shape index (κ3) is 13.8. The van der Waals surface area contributed by atoms with Gasteiger partial charge in [0.2, 0.25) is 5.91 Å². The van der Waals surface area contributed by atoms with Crippen LogP contribution in [0.1, 0.15) is 69.3 Å². The Morgan fingerprint density at radius 1 is 0.812 bits per heavy atom. The first kappa shape index (κ1) is 60.4. The number of hydrazine groups is 1. The maximum atomic E-state index is 16.0. The second kappa shape index (κ2) is 24.2. The average molecular weight is 1140 g/mol. The standard InChI is InChI=1S/C52H58F10N10O8/c1-49(2,51(57,58)59)42(67-48(78)79-5)44(74)65-38(16-29-9-6-28(7-10-29)8-11-30-12-15-41(63-19-30)69-20-32-13-14-33(21-69)72(32)34-25-80-26-34)40(73)24-71(68-45(75)43(66-47(76)77)50(3,4)52(60,61)62)22-35-36(53)17-31(18-37(35)54)39-23-70(27-64-39)46(55)56/h6-7,9-10,12,15,17-19,23,27,32-34,38,40,42-43,46,66,73H,13-14,16,20-22,24-26H2,1-5H3,(H,65,74)(H,67,78)(H,68,75)(H,76,77). The van der Waals surface area contributed by atoms with E-state index < -0.39 is 115 Å². The minimum Gasteiger partial charge on any atom is -0.465 e. The van der Waals surface area contributed by atoms with E-state index in [0.717, 1.165) is 58.3 Å². The summed E-state index contributed by atoms with van der Waals surface area (Å²) < 4.78 is 156. The molecule has 434 valence electrons. The molecule has 6 atom stereocenters. The number of aromatic nitrogens is 3. The second-order valence-corrected chi connectivity index (χ2v) is 20.8. The van der Waals surface area contributed by atoms with Gasteiger partial charge in [-0.25, -0.2) is 33.3 Å². The molecule has 18 nitrogen and oxygen atoms in total. The number of rotatable bonds is 19. The van der Waals surface area contributed by atoms with E-state index in [1.54, 1.807) is 6.20 Å². The molecule has 3 aliphatic heterocycles. The molecular formula is C52H58F10N10O8. The number of halogens is 10. The number of carboxylic acid groups (broad SMARTS) is 1. The molecule has 6 unspecified atom stereocenters. The number of hydrogen-bond acceptors (Lipinski definition) is 12. The Kier molecular flexibility index (Phi) is 18.3. The lowest BCUT2D eigenvalue weighted by atomic mass is 9.82. The summed E-state index contributed by atoms with van der Waals surface area (Å²) in [7, 11) is 0.811. The molecule has 0 aliphatic carbocycles. The van der Waals surface area contributed by atoms with Gasteiger partial charge >= 0.3 is 31.1 Å². The highest BCUT2D eigenvalue weighted by Crippen LogP contribution is 2.42. The largest absolute Gasteiger partial charge is 0.465 e. The third-order valence-corrected chi connectivity index (χ3v) is 14.6. The smallest absolute Gasteiger partial charge is 0.407 e. The van der Waals surface area contributed by atoms with E-state index in [1.807, 2.05) is 22.9 Å². The normalized spacial score (nSPS) is 18.6. The highest BCUT2D eigenvalue weighted by atomic mass is 19.4. The van der Waals surface area contributed by atoms with Gasteiger partial charge < -0.3 is 40.5 Å². The predicted molar refractivity (Wildman–Crippen MR) is 265 cm³/mol. The number of nitrogens with zero attached hydrogens (tertiary/aromatic N) is 6. The fraction of sp³-hybridized carbons (Fsp3) is 0.500. The number of ether oxygens (including phenoxy) is 2. The number of fused-ring (bicyclic) bond motifs is 2. The molecule has 0 radical (unpaired) electrons. The van der Waals surface area contributed by atoms with Crippen molar-refractivity contribution in [2.45, 2.75) is 115 Å². The number of anilines is 1. The van der Waals surface area contributed by atoms with Crippen LogP contribution < -0.4 is 26.3 Å². The summed E-state index contributed by atoms with van der Waals surface area (Å²) in [5, 5.41) is 27.5. The van der Waals surface area contributed by atoms with E-state index in [1.165, 1.54) is 29.6 Å². The van der Waals surface area contributed by atoms with Crippen LogP contribution in [0.4, 0.5) is 59.3 Å². The van der Waals surface area contributed by atoms with Crippen LogP contribution in [0.25, 0.3) is 11.3 Å². The maximum absolute atomic E-state index is 16.0. The van der Waals surface area contributed by atoms with Crippen LogP contribution in [-0.4, -0.2) is 153 Å². The van der Waals surface area contributed by atoms with Gasteiger partial charge in [-0.1, -0.05) is 24.0 Å². The Morgan fingerprint density at radius 2 is 1.39 bits per heavy atom. The van der Waals surface area contributed by atoms with Gasteiger partial charge in [-0.15, -0.1) is 0 Å². The number of alkyl halides is 8. The van der Waals surface area contributed by atoms with Crippen LogP contribution in [0.2, 0.25) is 0 Å². The summed E-state index contributed by atoms with van der Waals surface area (Å²) >= 11 is 0. The van der Waals surface area contributed by atoms with Crippen molar-refractivity contribution < 1.29 is 82.8 Å². The number of methoxy groups -OCH3 is 1. The van der Waals surface area contributed by atoms with Crippen molar-refractivity contribution in [2.75, 3.05) is 44.9 Å². The van der Waals surface area contributed by atoms with Gasteiger partial charge in [0.05, 0.1) is 61.4 Å². The van der Waals surface area contributed by atoms with Crippen molar-refractivity contribution >= 4 is 29.8 Å². The molecular weight excluding hydrogens is 1080 g/mol. The second-order valence-electron chi connectivity index (χ2n) is 20.8. The zero-order valence-corrected chi connectivity index (χ0v) is 43.6. The van der Waals surface area contributed by atoms with Crippen LogP contribution in [0.15, 0.2) is 67.3 Å². The molecule has 80 heavy (non-hydrogen) atoms. The van der Waals surface area contributed by atoms with Gasteiger partial charge in [-0.2, -0.15) is 35.1 Å². The van der Waals surface area contributed by atoms with Crippen LogP contribution in [0.3, 0.4) is 0 Å². The fourth-order valence-corrected chi connectivity index (χ4v) is 9.62. The molecule has 28 heteroatoms. The molecule has 2 aromatic carbocycles. The number of alkyl carbamates (subject to hydrolysis) is 1. The fourth-order valence-electron chi connectivity index (χ4n) is 9.62. The Balaban J connectivity index is 1.18. The topological polar surface area (TPSA) is 216 Å². The number of hydrogen-bond donors (Lipinski definition) is 6. The summed E-state index contributed by atoms with van der Waals surface area (Å²) in [6.45, 7) is -0.158. The number of aliphatic hydroxyl groups is 1. The monoisotopic (exact) mass is 1140 g/mol. The summed E-state index contributed by atoms with van der Waals surface area (Å²) in [5.74, 6) is 0.608. The van der Waals surface area contributed by atoms with Gasteiger partial charge in [0, 0.05) is 72.9 Å². The van der Waals surface area contributed by atoms with E-state index >= 15 is 8.78 Å². The highest BCUT2D eigenvalue weighted by molar-refractivity contribution is 5.87. The molecule has 2 bridgehead atoms. The van der Waals surface area contributed by atoms with Crippen LogP contribution in [-0.2, 0) is 32.0 Å². The van der Waals surface area contributed by atoms with Crippen LogP contribution >= 0.6 is 0 Å². The molecule has 7 rings (SSSR count). The maximum Gasteiger partial charge on any atom is 0.407 e. The van der Waals surface area contributed by atoms with Crippen molar-refractivity contribution in [3.05, 3.63) is 101 Å². The minimum atomic E-state index is -5.28. The SMILES string of the molecule is COC(=O)NC(C(=O)NC(Cc1ccc(C#Cc2ccc(N3CC4CCC(C3)N4C3COC3)nc2)cc1)C(O)CN(Cc1c(F)cc(-c2cn(C(F)F)cn2)cc1F)NC(=O)C(NC(=O)O)C(C)(C)C(F)(F)F)C(C)(C)C(F)(F)F. The minimum absolute atomic E-state index is 0.257. The molecule has 3 aliphatic rings. The van der Waals surface area contributed by atoms with Crippen molar-refractivity contribution in [1.29, 1.82) is 0 Å². The number of carbonyl (C=O) groups is 4. The summed E-state index contributed by atoms with van der Waals surface area (Å²) in [4.78, 5) is 65.3. The lowest BCUT2D eigenvalue weighted by molar-refractivity contribution is -0.221. The first-order valence-corrected chi connectivity index (χ1v) is 25.0. The van der Waals surface area contributed by atoms with E-state index in [-0.39, 0.29) is 16.8 Å². The number of carbonyl (C=O) groups excluding carboxylic acids is 3. The number of benzene rings is 2. The number of piperazine rings is 1. The van der Waals surface area contributed by atoms with E-state index in [2.05, 4.69) is 41.7 Å². The lowest BCUT2D eigenvalue weighted by Crippen LogP contribution is -2.63. The molecule has 0 saturated carbocycles. The van der Waals surface area contributed by atoms with Gasteiger partial charge in [0.1, 0.15) is 29.5 Å². The Morgan fingerprint density at radius 3 is 1.89 bits per heavy atom. The Hall–Kier alpha value is -7.22. The van der Waals surface area contributed by atoms with Crippen LogP contribution in [0, 0.1) is 34.3 Å². The molecule has 6 N–H and O–H groups in total. The summed E-state index contributed by atoms with van der Waals surface area (Å²) in [5.41, 5.74) is -4.67. The number of aliphatic hydroxyl groups excluding tert-OH is 1. The van der Waals surface area contributed by atoms with Crippen molar-refractivity contribution in [2.24, 2.45) is 10.8 Å². The van der Waals surface area contributed by atoms with Crippen molar-refractivity contribution in [1.82, 2.24) is 45.8 Å². The zero-order valence-electron chi connectivity index (χ0n) is 43.6. The molecule has 2 aromatic heterocycles. The molecule has 0 spiro atoms. The molecule has 4 amide bonds. The van der Waals surface area contributed by atoms with E-state index in [0.29, 0.717) is 85.0 Å². The summed E-state index contributed by atoms with van der Waals surface area (Å²) in [6, 6.07) is 5.32. The quantitative estimate of drug-likeness (QED) is 0.0335. The first-order chi connectivity index (χ1) is 37.5. The van der Waals surface area contributed by atoms with Crippen molar-refractivity contribution in [3.8, 4) is 23.1 Å². The number of nitrogens with one attached hydrogen (secondary N) is 4. The van der Waals surface area contributed by atoms with E-state index in [9.17, 15) is 64.5 Å². The van der Waals surface area contributed by atoms with Gasteiger partial charge in [-0.05, 0) is 88.9 Å². The lowest BCUT2D eigenvalue weighted by Gasteiger charge is -2.47. The number of pyridine rings is 1. The number of imidazole rings is 1.